The van der Waals surface area contributed by atoms with E-state index in [0.29, 0.717) is 18.6 Å². The SMILES string of the molecule is CCC(=O)N[C@@H](CCSC)C(=O)[O-]. The molecule has 0 rings (SSSR count). The number of thioether (sulfide) groups is 1. The van der Waals surface area contributed by atoms with Gasteiger partial charge < -0.3 is 15.2 Å². The van der Waals surface area contributed by atoms with E-state index in [1.807, 2.05) is 6.26 Å². The molecule has 0 fully saturated rings. The van der Waals surface area contributed by atoms with Crippen molar-refractivity contribution in [2.45, 2.75) is 25.8 Å². The lowest BCUT2D eigenvalue weighted by molar-refractivity contribution is -0.308. The fraction of sp³-hybridized carbons (Fsp3) is 0.750. The molecule has 0 saturated heterocycles. The molecular weight excluding hydrogens is 190 g/mol. The number of carbonyl (C=O) groups excluding carboxylic acids is 2. The van der Waals surface area contributed by atoms with Gasteiger partial charge in [-0.1, -0.05) is 6.92 Å². The Bertz CT molecular complexity index is 184. The van der Waals surface area contributed by atoms with Gasteiger partial charge in [0, 0.05) is 6.42 Å². The van der Waals surface area contributed by atoms with Gasteiger partial charge >= 0.3 is 0 Å². The fourth-order valence-corrected chi connectivity index (χ4v) is 1.25. The lowest BCUT2D eigenvalue weighted by Gasteiger charge is -2.18. The molecule has 0 aliphatic rings. The smallest absolute Gasteiger partial charge is 0.220 e. The van der Waals surface area contributed by atoms with Crippen molar-refractivity contribution < 1.29 is 14.7 Å². The molecule has 0 aromatic rings. The summed E-state index contributed by atoms with van der Waals surface area (Å²) in [5.41, 5.74) is 0. The zero-order valence-corrected chi connectivity index (χ0v) is 8.65. The van der Waals surface area contributed by atoms with Crippen LogP contribution in [0.3, 0.4) is 0 Å². The predicted octanol–water partition coefficient (Wildman–Crippen LogP) is -0.616. The lowest BCUT2D eigenvalue weighted by atomic mass is 10.2. The standard InChI is InChI=1S/C8H15NO3S/c1-3-7(10)9-6(8(11)12)4-5-13-2/h6H,3-5H2,1-2H3,(H,9,10)(H,11,12)/p-1/t6-/m0/s1. The van der Waals surface area contributed by atoms with Crippen molar-refractivity contribution in [1.29, 1.82) is 0 Å². The van der Waals surface area contributed by atoms with Gasteiger partial charge in [-0.3, -0.25) is 4.79 Å². The van der Waals surface area contributed by atoms with Crippen molar-refractivity contribution in [2.24, 2.45) is 0 Å². The number of carboxylic acid groups (broad SMARTS) is 1. The number of nitrogens with one attached hydrogen (secondary N) is 1. The van der Waals surface area contributed by atoms with Crippen LogP contribution in [-0.4, -0.2) is 29.9 Å². The van der Waals surface area contributed by atoms with Gasteiger partial charge in [-0.15, -0.1) is 0 Å². The third-order valence-corrected chi connectivity index (χ3v) is 2.20. The Morgan fingerprint density at radius 2 is 2.15 bits per heavy atom. The van der Waals surface area contributed by atoms with Gasteiger partial charge in [-0.25, -0.2) is 0 Å². The van der Waals surface area contributed by atoms with Gasteiger partial charge in [-0.05, 0) is 18.4 Å². The Kier molecular flexibility index (Phi) is 6.40. The molecule has 1 atom stereocenters. The number of carbonyl (C=O) groups is 2. The maximum absolute atomic E-state index is 10.9. The molecule has 0 aromatic heterocycles. The number of hydrogen-bond donors (Lipinski definition) is 1. The van der Waals surface area contributed by atoms with Gasteiger partial charge in [-0.2, -0.15) is 11.8 Å². The van der Waals surface area contributed by atoms with Crippen LogP contribution >= 0.6 is 11.8 Å². The van der Waals surface area contributed by atoms with Crippen LogP contribution in [0.4, 0.5) is 0 Å². The summed E-state index contributed by atoms with van der Waals surface area (Å²) in [5.74, 6) is -0.769. The Hall–Kier alpha value is -0.710. The minimum atomic E-state index is -1.21. The van der Waals surface area contributed by atoms with E-state index in [0.717, 1.165) is 0 Å². The van der Waals surface area contributed by atoms with Gasteiger partial charge in [0.2, 0.25) is 5.91 Å². The Morgan fingerprint density at radius 3 is 2.54 bits per heavy atom. The predicted molar refractivity (Wildman–Crippen MR) is 50.2 cm³/mol. The Morgan fingerprint density at radius 1 is 1.54 bits per heavy atom. The molecule has 0 spiro atoms. The molecule has 76 valence electrons. The largest absolute Gasteiger partial charge is 0.548 e. The highest BCUT2D eigenvalue weighted by Gasteiger charge is 2.11. The zero-order chi connectivity index (χ0) is 10.3. The highest BCUT2D eigenvalue weighted by Crippen LogP contribution is 2.00. The summed E-state index contributed by atoms with van der Waals surface area (Å²) in [6.45, 7) is 1.68. The molecule has 0 aromatic carbocycles. The quantitative estimate of drug-likeness (QED) is 0.626. The van der Waals surface area contributed by atoms with Gasteiger partial charge in [0.1, 0.15) is 0 Å². The maximum Gasteiger partial charge on any atom is 0.220 e. The number of amides is 1. The first-order valence-electron chi connectivity index (χ1n) is 4.11. The Labute approximate surface area is 82.1 Å². The minimum absolute atomic E-state index is 0.254. The first-order valence-corrected chi connectivity index (χ1v) is 5.50. The minimum Gasteiger partial charge on any atom is -0.548 e. The molecule has 0 bridgehead atoms. The average molecular weight is 204 g/mol. The lowest BCUT2D eigenvalue weighted by Crippen LogP contribution is -2.48. The molecule has 0 radical (unpaired) electrons. The molecule has 1 amide bonds. The number of hydrogen-bond acceptors (Lipinski definition) is 4. The summed E-state index contributed by atoms with van der Waals surface area (Å²) in [5, 5.41) is 12.9. The van der Waals surface area contributed by atoms with E-state index in [-0.39, 0.29) is 5.91 Å². The fourth-order valence-electron chi connectivity index (χ4n) is 0.781. The van der Waals surface area contributed by atoms with Crippen molar-refractivity contribution in [3.63, 3.8) is 0 Å². The summed E-state index contributed by atoms with van der Waals surface area (Å²) in [7, 11) is 0. The molecule has 5 heteroatoms. The van der Waals surface area contributed by atoms with Crippen molar-refractivity contribution >= 4 is 23.6 Å². The second-order valence-electron chi connectivity index (χ2n) is 2.57. The summed E-state index contributed by atoms with van der Waals surface area (Å²) >= 11 is 1.54. The van der Waals surface area contributed by atoms with Crippen molar-refractivity contribution in [3.05, 3.63) is 0 Å². The van der Waals surface area contributed by atoms with E-state index in [1.165, 1.54) is 11.8 Å². The third kappa shape index (κ3) is 5.52. The summed E-state index contributed by atoms with van der Waals surface area (Å²) in [4.78, 5) is 21.4. The highest BCUT2D eigenvalue weighted by atomic mass is 32.2. The molecule has 1 N–H and O–H groups in total. The van der Waals surface area contributed by atoms with Gasteiger partial charge in [0.05, 0.1) is 12.0 Å². The molecule has 0 saturated carbocycles. The van der Waals surface area contributed by atoms with E-state index in [1.54, 1.807) is 6.92 Å². The molecule has 0 aliphatic heterocycles. The van der Waals surface area contributed by atoms with Crippen molar-refractivity contribution in [1.82, 2.24) is 5.32 Å². The van der Waals surface area contributed by atoms with Crippen LogP contribution in [0.2, 0.25) is 0 Å². The molecule has 0 heterocycles. The van der Waals surface area contributed by atoms with Crippen molar-refractivity contribution in [2.75, 3.05) is 12.0 Å². The van der Waals surface area contributed by atoms with E-state index in [9.17, 15) is 14.7 Å². The van der Waals surface area contributed by atoms with E-state index < -0.39 is 12.0 Å². The number of carboxylic acids is 1. The van der Waals surface area contributed by atoms with Crippen LogP contribution in [0.25, 0.3) is 0 Å². The highest BCUT2D eigenvalue weighted by molar-refractivity contribution is 7.98. The first kappa shape index (κ1) is 12.3. The van der Waals surface area contributed by atoms with Crippen LogP contribution in [0.15, 0.2) is 0 Å². The third-order valence-electron chi connectivity index (χ3n) is 1.55. The average Bonchev–Trinajstić information content (AvgIpc) is 2.11. The summed E-state index contributed by atoms with van der Waals surface area (Å²) < 4.78 is 0. The van der Waals surface area contributed by atoms with Gasteiger partial charge in [0.25, 0.3) is 0 Å². The molecular formula is C8H14NO3S-. The maximum atomic E-state index is 10.9. The normalized spacial score (nSPS) is 12.2. The number of rotatable bonds is 6. The monoisotopic (exact) mass is 204 g/mol. The second kappa shape index (κ2) is 6.77. The molecule has 13 heavy (non-hydrogen) atoms. The van der Waals surface area contributed by atoms with E-state index in [2.05, 4.69) is 5.32 Å². The topological polar surface area (TPSA) is 69.2 Å². The summed E-state index contributed by atoms with van der Waals surface area (Å²) in [6, 6.07) is -0.847. The Balaban J connectivity index is 3.94. The van der Waals surface area contributed by atoms with Crippen LogP contribution < -0.4 is 10.4 Å². The second-order valence-corrected chi connectivity index (χ2v) is 3.56. The number of aliphatic carboxylic acids is 1. The van der Waals surface area contributed by atoms with Crippen LogP contribution in [-0.2, 0) is 9.59 Å². The molecule has 0 aliphatic carbocycles. The van der Waals surface area contributed by atoms with Crippen LogP contribution in [0.5, 0.6) is 0 Å². The summed E-state index contributed by atoms with van der Waals surface area (Å²) in [6.07, 6.45) is 2.59. The van der Waals surface area contributed by atoms with E-state index in [4.69, 9.17) is 0 Å². The first-order chi connectivity index (χ1) is 6.11. The van der Waals surface area contributed by atoms with E-state index >= 15 is 0 Å². The van der Waals surface area contributed by atoms with Crippen LogP contribution in [0.1, 0.15) is 19.8 Å². The molecule has 0 unspecified atom stereocenters. The molecule has 4 nitrogen and oxygen atoms in total. The van der Waals surface area contributed by atoms with Crippen molar-refractivity contribution in [3.8, 4) is 0 Å². The van der Waals surface area contributed by atoms with Crippen LogP contribution in [0, 0.1) is 0 Å². The van der Waals surface area contributed by atoms with Gasteiger partial charge in [0.15, 0.2) is 0 Å². The zero-order valence-electron chi connectivity index (χ0n) is 7.83.